The second-order valence-corrected chi connectivity index (χ2v) is 5.22. The van der Waals surface area contributed by atoms with Crippen LogP contribution < -0.4 is 0 Å². The highest BCUT2D eigenvalue weighted by atomic mass is 14.3. The first-order valence-electron chi connectivity index (χ1n) is 6.59. The van der Waals surface area contributed by atoms with Crippen LogP contribution in [0.25, 0.3) is 10.8 Å². The summed E-state index contributed by atoms with van der Waals surface area (Å²) in [7, 11) is 0. The Morgan fingerprint density at radius 3 is 2.16 bits per heavy atom. The summed E-state index contributed by atoms with van der Waals surface area (Å²) in [6, 6.07) is 25.4. The maximum atomic E-state index is 4.46. The van der Waals surface area contributed by atoms with Crippen LogP contribution in [0, 0.1) is 6.92 Å². The molecule has 0 fully saturated rings. The summed E-state index contributed by atoms with van der Waals surface area (Å²) in [5.41, 5.74) is 2.28. The Morgan fingerprint density at radius 1 is 0.737 bits per heavy atom. The van der Waals surface area contributed by atoms with Crippen LogP contribution in [0.1, 0.15) is 18.1 Å². The molecule has 0 N–H and O–H groups in total. The largest absolute Gasteiger partial charge is 0.0622 e. The Morgan fingerprint density at radius 2 is 1.37 bits per heavy atom. The molecule has 19 heavy (non-hydrogen) atoms. The van der Waals surface area contributed by atoms with Crippen molar-refractivity contribution >= 4 is 10.8 Å². The van der Waals surface area contributed by atoms with Gasteiger partial charge >= 0.3 is 0 Å². The molecule has 0 heteroatoms. The van der Waals surface area contributed by atoms with E-state index in [0.29, 0.717) is 0 Å². The predicted octanol–water partition coefficient (Wildman–Crippen LogP) is 4.98. The Hall–Kier alpha value is -2.08. The lowest BCUT2D eigenvalue weighted by Gasteiger charge is -2.27. The van der Waals surface area contributed by atoms with E-state index in [2.05, 4.69) is 80.6 Å². The van der Waals surface area contributed by atoms with E-state index in [1.54, 1.807) is 0 Å². The Bertz CT molecular complexity index is 688. The van der Waals surface area contributed by atoms with Crippen LogP contribution in [0.15, 0.2) is 72.8 Å². The van der Waals surface area contributed by atoms with E-state index >= 15 is 0 Å². The summed E-state index contributed by atoms with van der Waals surface area (Å²) in [6.45, 7) is 6.65. The smallest absolute Gasteiger partial charge is 0.0181 e. The fraction of sp³-hybridized carbons (Fsp3) is 0.105. The Kier molecular flexibility index (Phi) is 2.87. The molecule has 3 aromatic carbocycles. The molecular weight excluding hydrogens is 228 g/mol. The fourth-order valence-corrected chi connectivity index (χ4v) is 2.67. The third-order valence-corrected chi connectivity index (χ3v) is 3.80. The van der Waals surface area contributed by atoms with Gasteiger partial charge in [-0.25, -0.2) is 0 Å². The van der Waals surface area contributed by atoms with Gasteiger partial charge in [0.2, 0.25) is 0 Å². The van der Waals surface area contributed by atoms with Gasteiger partial charge in [0.05, 0.1) is 0 Å². The van der Waals surface area contributed by atoms with E-state index in [4.69, 9.17) is 0 Å². The van der Waals surface area contributed by atoms with E-state index < -0.39 is 0 Å². The second kappa shape index (κ2) is 4.55. The fourth-order valence-electron chi connectivity index (χ4n) is 2.67. The SMILES string of the molecule is [CH2]C(C)(c1ccccc1)c1cccc2ccccc12. The molecule has 0 saturated carbocycles. The van der Waals surface area contributed by atoms with Crippen molar-refractivity contribution in [2.45, 2.75) is 12.3 Å². The van der Waals surface area contributed by atoms with Crippen LogP contribution in [-0.2, 0) is 5.41 Å². The minimum atomic E-state index is -0.234. The molecule has 0 aliphatic carbocycles. The maximum Gasteiger partial charge on any atom is 0.0181 e. The Balaban J connectivity index is 2.24. The standard InChI is InChI=1S/C19H17/c1-19(2,16-11-4-3-5-12-16)18-14-8-10-15-9-6-7-13-17(15)18/h3-14H,1H2,2H3. The van der Waals surface area contributed by atoms with Crippen LogP contribution in [-0.4, -0.2) is 0 Å². The lowest BCUT2D eigenvalue weighted by molar-refractivity contribution is 0.726. The zero-order valence-electron chi connectivity index (χ0n) is 11.1. The van der Waals surface area contributed by atoms with E-state index in [1.807, 2.05) is 6.07 Å². The summed E-state index contributed by atoms with van der Waals surface area (Å²) >= 11 is 0. The molecule has 0 bridgehead atoms. The second-order valence-electron chi connectivity index (χ2n) is 5.22. The lowest BCUT2D eigenvalue weighted by Crippen LogP contribution is -2.19. The average Bonchev–Trinajstić information content (AvgIpc) is 2.47. The third kappa shape index (κ3) is 2.04. The highest BCUT2D eigenvalue weighted by Crippen LogP contribution is 2.35. The van der Waals surface area contributed by atoms with Gasteiger partial charge in [-0.3, -0.25) is 0 Å². The molecule has 3 aromatic rings. The first kappa shape index (κ1) is 12.0. The molecule has 1 atom stereocenters. The summed E-state index contributed by atoms with van der Waals surface area (Å²) < 4.78 is 0. The molecular formula is C19H17. The molecule has 1 unspecified atom stereocenters. The van der Waals surface area contributed by atoms with Crippen LogP contribution in [0.3, 0.4) is 0 Å². The summed E-state index contributed by atoms with van der Waals surface area (Å²) in [5.74, 6) is 0. The molecule has 0 aromatic heterocycles. The van der Waals surface area contributed by atoms with Gasteiger partial charge in [-0.15, -0.1) is 0 Å². The minimum Gasteiger partial charge on any atom is -0.0622 e. The molecule has 0 heterocycles. The highest BCUT2D eigenvalue weighted by Gasteiger charge is 2.24. The van der Waals surface area contributed by atoms with Crippen molar-refractivity contribution in [1.82, 2.24) is 0 Å². The van der Waals surface area contributed by atoms with Gasteiger partial charge in [-0.2, -0.15) is 0 Å². The van der Waals surface area contributed by atoms with Crippen molar-refractivity contribution in [1.29, 1.82) is 0 Å². The van der Waals surface area contributed by atoms with Gasteiger partial charge < -0.3 is 0 Å². The Labute approximate surface area is 114 Å². The first-order chi connectivity index (χ1) is 9.19. The normalized spacial score (nSPS) is 11.7. The van der Waals surface area contributed by atoms with Gasteiger partial charge in [0.25, 0.3) is 0 Å². The van der Waals surface area contributed by atoms with Crippen LogP contribution in [0.2, 0.25) is 0 Å². The maximum absolute atomic E-state index is 4.46. The summed E-state index contributed by atoms with van der Waals surface area (Å²) in [4.78, 5) is 0. The summed E-state index contributed by atoms with van der Waals surface area (Å²) in [5, 5.41) is 2.55. The molecule has 0 aliphatic rings. The molecule has 1 radical (unpaired) electrons. The number of benzene rings is 3. The van der Waals surface area contributed by atoms with Crippen molar-refractivity contribution in [2.75, 3.05) is 0 Å². The number of hydrogen-bond acceptors (Lipinski definition) is 0. The molecule has 0 saturated heterocycles. The number of hydrogen-bond donors (Lipinski definition) is 0. The third-order valence-electron chi connectivity index (χ3n) is 3.80. The van der Waals surface area contributed by atoms with Crippen molar-refractivity contribution < 1.29 is 0 Å². The van der Waals surface area contributed by atoms with Crippen molar-refractivity contribution in [3.63, 3.8) is 0 Å². The lowest BCUT2D eigenvalue weighted by atomic mass is 9.76. The van der Waals surface area contributed by atoms with Crippen molar-refractivity contribution in [3.05, 3.63) is 90.8 Å². The number of rotatable bonds is 2. The molecule has 0 amide bonds. The van der Waals surface area contributed by atoms with Gasteiger partial charge in [0.1, 0.15) is 0 Å². The molecule has 0 spiro atoms. The topological polar surface area (TPSA) is 0 Å². The van der Waals surface area contributed by atoms with Crippen LogP contribution in [0.5, 0.6) is 0 Å². The highest BCUT2D eigenvalue weighted by molar-refractivity contribution is 5.87. The van der Waals surface area contributed by atoms with E-state index in [0.717, 1.165) is 0 Å². The van der Waals surface area contributed by atoms with Gasteiger partial charge in [-0.05, 0) is 28.8 Å². The van der Waals surface area contributed by atoms with Gasteiger partial charge in [0.15, 0.2) is 0 Å². The first-order valence-corrected chi connectivity index (χ1v) is 6.59. The minimum absolute atomic E-state index is 0.234. The zero-order valence-corrected chi connectivity index (χ0v) is 11.1. The molecule has 93 valence electrons. The quantitative estimate of drug-likeness (QED) is 0.597. The zero-order chi connectivity index (χ0) is 13.3. The average molecular weight is 245 g/mol. The van der Waals surface area contributed by atoms with Crippen molar-refractivity contribution in [2.24, 2.45) is 0 Å². The van der Waals surface area contributed by atoms with E-state index in [9.17, 15) is 0 Å². The number of fused-ring (bicyclic) bond motifs is 1. The molecule has 0 aliphatic heterocycles. The predicted molar refractivity (Wildman–Crippen MR) is 82.2 cm³/mol. The molecule has 3 rings (SSSR count). The van der Waals surface area contributed by atoms with E-state index in [1.165, 1.54) is 21.9 Å². The molecule has 0 nitrogen and oxygen atoms in total. The summed E-state index contributed by atoms with van der Waals surface area (Å²) in [6.07, 6.45) is 0. The monoisotopic (exact) mass is 245 g/mol. The van der Waals surface area contributed by atoms with Crippen molar-refractivity contribution in [3.8, 4) is 0 Å². The van der Waals surface area contributed by atoms with Crippen LogP contribution in [0.4, 0.5) is 0 Å². The van der Waals surface area contributed by atoms with Gasteiger partial charge in [0, 0.05) is 5.41 Å². The van der Waals surface area contributed by atoms with Gasteiger partial charge in [-0.1, -0.05) is 79.7 Å². The van der Waals surface area contributed by atoms with Crippen LogP contribution >= 0.6 is 0 Å². The van der Waals surface area contributed by atoms with E-state index in [-0.39, 0.29) is 5.41 Å².